The summed E-state index contributed by atoms with van der Waals surface area (Å²) in [6.07, 6.45) is 72.3. The van der Waals surface area contributed by atoms with Gasteiger partial charge in [-0.15, -0.1) is 0 Å². The minimum atomic E-state index is -0.781. The molecule has 0 aliphatic rings. The predicted octanol–water partition coefficient (Wildman–Crippen LogP) is 20.0. The third kappa shape index (κ3) is 55.9. The summed E-state index contributed by atoms with van der Waals surface area (Å²) in [6.45, 7) is 6.58. The Bertz CT molecular complexity index is 1250. The molecule has 0 aliphatic carbocycles. The van der Waals surface area contributed by atoms with Gasteiger partial charge in [0.25, 0.3) is 0 Å². The number of hydrogen-bond acceptors (Lipinski definition) is 6. The molecule has 400 valence electrons. The zero-order valence-corrected chi connectivity index (χ0v) is 45.8. The van der Waals surface area contributed by atoms with Crippen LogP contribution in [0.1, 0.15) is 303 Å². The van der Waals surface area contributed by atoms with Gasteiger partial charge in [0.15, 0.2) is 6.10 Å². The van der Waals surface area contributed by atoms with Crippen molar-refractivity contribution in [2.75, 3.05) is 13.2 Å². The van der Waals surface area contributed by atoms with Crippen LogP contribution in [0.3, 0.4) is 0 Å². The first-order chi connectivity index (χ1) is 34.0. The van der Waals surface area contributed by atoms with Crippen LogP contribution in [0.5, 0.6) is 0 Å². The lowest BCUT2D eigenvalue weighted by Gasteiger charge is -2.18. The predicted molar refractivity (Wildman–Crippen MR) is 298 cm³/mol. The second kappa shape index (κ2) is 57.7. The molecule has 0 saturated carbocycles. The summed E-state index contributed by atoms with van der Waals surface area (Å²) in [4.78, 5) is 38.1. The highest BCUT2D eigenvalue weighted by Gasteiger charge is 2.19. The second-order valence-electron chi connectivity index (χ2n) is 19.9. The highest BCUT2D eigenvalue weighted by Crippen LogP contribution is 2.16. The van der Waals surface area contributed by atoms with Crippen LogP contribution in [-0.4, -0.2) is 37.2 Å². The fourth-order valence-electron chi connectivity index (χ4n) is 8.43. The number of carbonyl (C=O) groups is 3. The SMILES string of the molecule is CCCC/C=C\CCCCCCCC(=O)OCC(COC(=O)CCCCCCCCCCCCCC/C=C\C/C=C\C/C=C\CCCCCCC)OC(=O)CCCCCCC/C=C\CCCCCC. The summed E-state index contributed by atoms with van der Waals surface area (Å²) in [5.41, 5.74) is 0. The van der Waals surface area contributed by atoms with E-state index in [2.05, 4.69) is 81.5 Å². The van der Waals surface area contributed by atoms with Crippen molar-refractivity contribution in [3.63, 3.8) is 0 Å². The van der Waals surface area contributed by atoms with Gasteiger partial charge in [-0.1, -0.05) is 242 Å². The molecule has 0 bridgehead atoms. The van der Waals surface area contributed by atoms with Crippen molar-refractivity contribution >= 4 is 17.9 Å². The summed E-state index contributed by atoms with van der Waals surface area (Å²) >= 11 is 0. The van der Waals surface area contributed by atoms with Crippen molar-refractivity contribution in [3.8, 4) is 0 Å². The number of carbonyl (C=O) groups excluding carboxylic acids is 3. The van der Waals surface area contributed by atoms with E-state index in [1.54, 1.807) is 0 Å². The van der Waals surface area contributed by atoms with Crippen LogP contribution >= 0.6 is 0 Å². The fraction of sp³-hybridized carbons (Fsp3) is 0.794. The van der Waals surface area contributed by atoms with Gasteiger partial charge in [0.05, 0.1) is 0 Å². The van der Waals surface area contributed by atoms with Crippen molar-refractivity contribution in [1.29, 1.82) is 0 Å². The Morgan fingerprint density at radius 1 is 0.290 bits per heavy atom. The van der Waals surface area contributed by atoms with E-state index in [0.717, 1.165) is 89.9 Å². The largest absolute Gasteiger partial charge is 0.462 e. The molecule has 69 heavy (non-hydrogen) atoms. The molecule has 0 aromatic carbocycles. The molecule has 6 nitrogen and oxygen atoms in total. The smallest absolute Gasteiger partial charge is 0.306 e. The van der Waals surface area contributed by atoms with Crippen LogP contribution < -0.4 is 0 Å². The van der Waals surface area contributed by atoms with Gasteiger partial charge in [-0.3, -0.25) is 14.4 Å². The van der Waals surface area contributed by atoms with E-state index in [-0.39, 0.29) is 31.1 Å². The third-order valence-corrected chi connectivity index (χ3v) is 13.0. The Morgan fingerprint density at radius 3 is 0.884 bits per heavy atom. The molecule has 0 amide bonds. The average molecular weight is 966 g/mol. The Balaban J connectivity index is 4.20. The molecular formula is C63H112O6. The molecular weight excluding hydrogens is 853 g/mol. The maximum Gasteiger partial charge on any atom is 0.306 e. The van der Waals surface area contributed by atoms with E-state index < -0.39 is 6.10 Å². The van der Waals surface area contributed by atoms with Crippen LogP contribution in [0.15, 0.2) is 60.8 Å². The van der Waals surface area contributed by atoms with Gasteiger partial charge in [0.1, 0.15) is 13.2 Å². The lowest BCUT2D eigenvalue weighted by Crippen LogP contribution is -2.30. The molecule has 1 unspecified atom stereocenters. The Morgan fingerprint density at radius 2 is 0.536 bits per heavy atom. The minimum Gasteiger partial charge on any atom is -0.462 e. The highest BCUT2D eigenvalue weighted by molar-refractivity contribution is 5.71. The maximum absolute atomic E-state index is 12.8. The van der Waals surface area contributed by atoms with Crippen LogP contribution in [0, 0.1) is 0 Å². The first kappa shape index (κ1) is 66.1. The van der Waals surface area contributed by atoms with Crippen LogP contribution in [-0.2, 0) is 28.6 Å². The van der Waals surface area contributed by atoms with Gasteiger partial charge in [-0.25, -0.2) is 0 Å². The number of ether oxygens (including phenoxy) is 3. The zero-order valence-electron chi connectivity index (χ0n) is 45.8. The molecule has 0 spiro atoms. The third-order valence-electron chi connectivity index (χ3n) is 13.0. The molecule has 0 N–H and O–H groups in total. The average Bonchev–Trinajstić information content (AvgIpc) is 3.35. The Labute approximate surface area is 428 Å². The Hall–Kier alpha value is -2.89. The first-order valence-electron chi connectivity index (χ1n) is 29.8. The van der Waals surface area contributed by atoms with E-state index in [1.807, 2.05) is 0 Å². The number of rotatable bonds is 54. The molecule has 0 radical (unpaired) electrons. The maximum atomic E-state index is 12.8. The molecule has 0 saturated heterocycles. The van der Waals surface area contributed by atoms with E-state index in [9.17, 15) is 14.4 Å². The fourth-order valence-corrected chi connectivity index (χ4v) is 8.43. The monoisotopic (exact) mass is 965 g/mol. The highest BCUT2D eigenvalue weighted by atomic mass is 16.6. The van der Waals surface area contributed by atoms with Crippen LogP contribution in [0.4, 0.5) is 0 Å². The van der Waals surface area contributed by atoms with Crippen LogP contribution in [0.2, 0.25) is 0 Å². The summed E-state index contributed by atoms with van der Waals surface area (Å²) in [7, 11) is 0. The van der Waals surface area contributed by atoms with Crippen molar-refractivity contribution in [2.45, 2.75) is 309 Å². The van der Waals surface area contributed by atoms with Gasteiger partial charge in [-0.2, -0.15) is 0 Å². The number of hydrogen-bond donors (Lipinski definition) is 0. The lowest BCUT2D eigenvalue weighted by molar-refractivity contribution is -0.167. The molecule has 0 aromatic rings. The van der Waals surface area contributed by atoms with Gasteiger partial charge < -0.3 is 14.2 Å². The van der Waals surface area contributed by atoms with Crippen molar-refractivity contribution in [3.05, 3.63) is 60.8 Å². The molecule has 0 fully saturated rings. The Kier molecular flexibility index (Phi) is 55.3. The zero-order chi connectivity index (χ0) is 50.0. The van der Waals surface area contributed by atoms with Crippen molar-refractivity contribution in [2.24, 2.45) is 0 Å². The summed E-state index contributed by atoms with van der Waals surface area (Å²) in [6, 6.07) is 0. The normalized spacial score (nSPS) is 12.4. The summed E-state index contributed by atoms with van der Waals surface area (Å²) < 4.78 is 16.8. The van der Waals surface area contributed by atoms with Crippen LogP contribution in [0.25, 0.3) is 0 Å². The van der Waals surface area contributed by atoms with Crippen molar-refractivity contribution < 1.29 is 28.6 Å². The second-order valence-corrected chi connectivity index (χ2v) is 19.9. The van der Waals surface area contributed by atoms with Gasteiger partial charge in [0.2, 0.25) is 0 Å². The molecule has 0 heterocycles. The number of unbranched alkanes of at least 4 members (excludes halogenated alkanes) is 33. The lowest BCUT2D eigenvalue weighted by atomic mass is 10.0. The molecule has 6 heteroatoms. The minimum absolute atomic E-state index is 0.0798. The topological polar surface area (TPSA) is 78.9 Å². The number of esters is 3. The van der Waals surface area contributed by atoms with E-state index in [0.29, 0.717) is 19.3 Å². The van der Waals surface area contributed by atoms with E-state index in [1.165, 1.54) is 173 Å². The first-order valence-corrected chi connectivity index (χ1v) is 29.8. The molecule has 0 aliphatic heterocycles. The molecule has 0 aromatic heterocycles. The quantitative estimate of drug-likeness (QED) is 0.0262. The summed E-state index contributed by atoms with van der Waals surface area (Å²) in [5, 5.41) is 0. The van der Waals surface area contributed by atoms with Crippen molar-refractivity contribution in [1.82, 2.24) is 0 Å². The van der Waals surface area contributed by atoms with Gasteiger partial charge >= 0.3 is 17.9 Å². The standard InChI is InChI=1S/C63H112O6/c1-4-7-10-13-16-19-22-24-25-26-27-28-29-30-31-32-33-34-35-36-37-39-41-44-47-50-53-56-62(65)68-59-60(58-67-61(64)55-52-49-46-43-40-21-18-15-12-9-6-3)69-63(66)57-54-51-48-45-42-38-23-20-17-14-11-8-5-2/h15,18,20,22-24,26-27,29-30,60H,4-14,16-17,19,21,25,28,31-59H2,1-3H3/b18-15-,23-20-,24-22-,27-26-,30-29-. The summed E-state index contributed by atoms with van der Waals surface area (Å²) in [5.74, 6) is -0.891. The van der Waals surface area contributed by atoms with E-state index in [4.69, 9.17) is 14.2 Å². The number of allylic oxidation sites excluding steroid dienone is 10. The van der Waals surface area contributed by atoms with E-state index >= 15 is 0 Å². The van der Waals surface area contributed by atoms with Gasteiger partial charge in [0, 0.05) is 19.3 Å². The molecule has 0 rings (SSSR count). The van der Waals surface area contributed by atoms with Gasteiger partial charge in [-0.05, 0) is 103 Å². The molecule has 1 atom stereocenters.